The van der Waals surface area contributed by atoms with Crippen molar-refractivity contribution in [1.82, 2.24) is 4.31 Å². The van der Waals surface area contributed by atoms with Crippen molar-refractivity contribution < 1.29 is 21.6 Å². The van der Waals surface area contributed by atoms with Gasteiger partial charge >= 0.3 is 0 Å². The molecule has 0 spiro atoms. The van der Waals surface area contributed by atoms with E-state index in [-0.39, 0.29) is 30.2 Å². The molecule has 2 unspecified atom stereocenters. The number of sulfonamides is 1. The molecule has 0 aliphatic carbocycles. The molecule has 0 aromatic heterocycles. The molecule has 34 heavy (non-hydrogen) atoms. The minimum Gasteiger partial charge on any atom is -0.382 e. The Morgan fingerprint density at radius 2 is 1.76 bits per heavy atom. The second-order valence-corrected chi connectivity index (χ2v) is 10.6. The van der Waals surface area contributed by atoms with E-state index in [1.807, 2.05) is 0 Å². The zero-order valence-corrected chi connectivity index (χ0v) is 19.8. The van der Waals surface area contributed by atoms with Gasteiger partial charge in [-0.25, -0.2) is 25.9 Å². The number of amidine groups is 1. The van der Waals surface area contributed by atoms with Crippen LogP contribution in [0.3, 0.4) is 0 Å². The second-order valence-electron chi connectivity index (χ2n) is 8.10. The average Bonchev–Trinajstić information content (AvgIpc) is 3.20. The number of rotatable bonds is 5. The lowest BCUT2D eigenvalue weighted by molar-refractivity contribution is -0.0412. The fraction of sp³-hybridized carbons (Fsp3) is 0.364. The Morgan fingerprint density at radius 3 is 2.35 bits per heavy atom. The molecule has 1 fully saturated rings. The summed E-state index contributed by atoms with van der Waals surface area (Å²) in [7, 11) is -2.92. The highest BCUT2D eigenvalue weighted by Gasteiger charge is 2.52. The molecular weight excluding hydrogens is 491 g/mol. The van der Waals surface area contributed by atoms with Crippen molar-refractivity contribution in [3.8, 4) is 0 Å². The van der Waals surface area contributed by atoms with Gasteiger partial charge in [-0.3, -0.25) is 10.0 Å². The number of nitrogens with zero attached hydrogens (tertiary/aromatic N) is 4. The van der Waals surface area contributed by atoms with Crippen molar-refractivity contribution in [3.05, 3.63) is 64.9 Å². The van der Waals surface area contributed by atoms with Crippen LogP contribution in [-0.2, 0) is 10.0 Å². The molecule has 0 radical (unpaired) electrons. The van der Waals surface area contributed by atoms with E-state index in [0.717, 1.165) is 4.31 Å². The van der Waals surface area contributed by atoms with Gasteiger partial charge in [-0.15, -0.1) is 0 Å². The van der Waals surface area contributed by atoms with Crippen LogP contribution in [0.4, 0.5) is 18.9 Å². The van der Waals surface area contributed by atoms with Crippen LogP contribution >= 0.6 is 11.6 Å². The normalized spacial score (nSPS) is 23.7. The standard InChI is InChI=1S/C22H23ClF3N5O2S/c1-28-21(27)18-20(34(32,33)30-12-10-22(25,26)11-13-30)19(16-4-2-3-5-17(16)24)31(29-18)15-8-6-14(23)7-9-15/h2-9,19-20H,10-13H2,1H3,(H2,27,28). The number of aliphatic imine (C=N–C) groups is 1. The maximum absolute atomic E-state index is 15.0. The van der Waals surface area contributed by atoms with E-state index >= 15 is 4.39 Å². The summed E-state index contributed by atoms with van der Waals surface area (Å²) in [6, 6.07) is 11.0. The van der Waals surface area contributed by atoms with Gasteiger partial charge in [0.25, 0.3) is 5.92 Å². The summed E-state index contributed by atoms with van der Waals surface area (Å²) in [5, 5.41) is 4.79. The Balaban J connectivity index is 1.88. The lowest BCUT2D eigenvalue weighted by Gasteiger charge is -2.35. The number of hydrogen-bond acceptors (Lipinski definition) is 5. The third kappa shape index (κ3) is 4.51. The molecule has 2 aliphatic heterocycles. The van der Waals surface area contributed by atoms with Crippen molar-refractivity contribution in [3.63, 3.8) is 0 Å². The first-order valence-electron chi connectivity index (χ1n) is 10.5. The molecule has 7 nitrogen and oxygen atoms in total. The van der Waals surface area contributed by atoms with Crippen LogP contribution < -0.4 is 10.7 Å². The minimum atomic E-state index is -4.31. The molecule has 0 saturated carbocycles. The van der Waals surface area contributed by atoms with Crippen molar-refractivity contribution in [2.45, 2.75) is 30.1 Å². The van der Waals surface area contributed by atoms with Gasteiger partial charge in [-0.2, -0.15) is 5.10 Å². The Labute approximate surface area is 200 Å². The van der Waals surface area contributed by atoms with Crippen LogP contribution in [0, 0.1) is 5.82 Å². The second kappa shape index (κ2) is 9.20. The van der Waals surface area contributed by atoms with E-state index in [4.69, 9.17) is 17.3 Å². The van der Waals surface area contributed by atoms with Gasteiger partial charge in [-0.1, -0.05) is 29.8 Å². The summed E-state index contributed by atoms with van der Waals surface area (Å²) in [6.07, 6.45) is -1.21. The van der Waals surface area contributed by atoms with Crippen LogP contribution in [-0.4, -0.2) is 55.6 Å². The number of nitrogens with two attached hydrogens (primary N) is 1. The molecule has 2 aromatic carbocycles. The molecule has 0 bridgehead atoms. The molecule has 0 amide bonds. The number of alkyl halides is 2. The van der Waals surface area contributed by atoms with Gasteiger partial charge in [0.15, 0.2) is 0 Å². The first-order valence-corrected chi connectivity index (χ1v) is 12.4. The highest BCUT2D eigenvalue weighted by molar-refractivity contribution is 7.90. The number of hydrazone groups is 1. The predicted octanol–water partition coefficient (Wildman–Crippen LogP) is 3.81. The molecule has 12 heteroatoms. The minimum absolute atomic E-state index is 0.0658. The van der Waals surface area contributed by atoms with Crippen molar-refractivity contribution in [2.24, 2.45) is 15.8 Å². The third-order valence-corrected chi connectivity index (χ3v) is 8.45. The molecule has 2 atom stereocenters. The van der Waals surface area contributed by atoms with Crippen LogP contribution in [0.1, 0.15) is 24.4 Å². The molecule has 1 saturated heterocycles. The topological polar surface area (TPSA) is 91.4 Å². The maximum Gasteiger partial charge on any atom is 0.250 e. The van der Waals surface area contributed by atoms with Crippen molar-refractivity contribution in [1.29, 1.82) is 0 Å². The quantitative estimate of drug-likeness (QED) is 0.486. The highest BCUT2D eigenvalue weighted by atomic mass is 35.5. The summed E-state index contributed by atoms with van der Waals surface area (Å²) in [5.41, 5.74) is 6.49. The summed E-state index contributed by atoms with van der Waals surface area (Å²) in [4.78, 5) is 3.91. The monoisotopic (exact) mass is 513 g/mol. The summed E-state index contributed by atoms with van der Waals surface area (Å²) in [5.74, 6) is -3.72. The average molecular weight is 514 g/mol. The Morgan fingerprint density at radius 1 is 1.15 bits per heavy atom. The molecule has 2 aliphatic rings. The first-order chi connectivity index (χ1) is 16.0. The number of hydrogen-bond donors (Lipinski definition) is 1. The van der Waals surface area contributed by atoms with Crippen LogP contribution in [0.5, 0.6) is 0 Å². The number of anilines is 1. The van der Waals surface area contributed by atoms with Gasteiger partial charge in [0.05, 0.1) is 5.69 Å². The van der Waals surface area contributed by atoms with Gasteiger partial charge in [-0.05, 0) is 30.3 Å². The maximum atomic E-state index is 15.0. The Kier molecular flexibility index (Phi) is 6.63. The molecule has 2 N–H and O–H groups in total. The molecular formula is C22H23ClF3N5O2S. The molecule has 2 aromatic rings. The van der Waals surface area contributed by atoms with E-state index in [9.17, 15) is 17.2 Å². The third-order valence-electron chi connectivity index (χ3n) is 5.99. The number of piperidine rings is 1. The highest BCUT2D eigenvalue weighted by Crippen LogP contribution is 2.42. The Hall–Kier alpha value is -2.63. The van der Waals surface area contributed by atoms with Gasteiger partial charge in [0, 0.05) is 43.6 Å². The molecule has 4 rings (SSSR count). The van der Waals surface area contributed by atoms with E-state index < -0.39 is 45.9 Å². The largest absolute Gasteiger partial charge is 0.382 e. The summed E-state index contributed by atoms with van der Waals surface area (Å²) < 4.78 is 71.3. The van der Waals surface area contributed by atoms with E-state index in [2.05, 4.69) is 10.1 Å². The SMILES string of the molecule is CN=C(N)C1=NN(c2ccc(Cl)cc2)C(c2ccccc2F)C1S(=O)(=O)N1CCC(F)(F)CC1. The van der Waals surface area contributed by atoms with E-state index in [1.165, 1.54) is 30.3 Å². The van der Waals surface area contributed by atoms with E-state index in [0.29, 0.717) is 10.7 Å². The van der Waals surface area contributed by atoms with Gasteiger partial charge < -0.3 is 5.73 Å². The number of benzene rings is 2. The van der Waals surface area contributed by atoms with E-state index in [1.54, 1.807) is 30.3 Å². The predicted molar refractivity (Wildman–Crippen MR) is 127 cm³/mol. The lowest BCUT2D eigenvalue weighted by Crippen LogP contribution is -2.51. The van der Waals surface area contributed by atoms with Gasteiger partial charge in [0.1, 0.15) is 28.7 Å². The zero-order valence-electron chi connectivity index (χ0n) is 18.2. The van der Waals surface area contributed by atoms with Crippen LogP contribution in [0.15, 0.2) is 58.6 Å². The van der Waals surface area contributed by atoms with Crippen LogP contribution in [0.2, 0.25) is 5.02 Å². The summed E-state index contributed by atoms with van der Waals surface area (Å²) >= 11 is 6.01. The Bertz CT molecular complexity index is 1230. The zero-order chi connectivity index (χ0) is 24.7. The van der Waals surface area contributed by atoms with Gasteiger partial charge in [0.2, 0.25) is 10.0 Å². The van der Waals surface area contributed by atoms with Crippen molar-refractivity contribution >= 4 is 38.9 Å². The first kappa shape index (κ1) is 24.5. The number of halogens is 4. The summed E-state index contributed by atoms with van der Waals surface area (Å²) in [6.45, 7) is -0.736. The van der Waals surface area contributed by atoms with Crippen LogP contribution in [0.25, 0.3) is 0 Å². The lowest BCUT2D eigenvalue weighted by atomic mass is 9.99. The fourth-order valence-electron chi connectivity index (χ4n) is 4.18. The molecule has 182 valence electrons. The smallest absolute Gasteiger partial charge is 0.250 e. The fourth-order valence-corrected chi connectivity index (χ4v) is 6.36. The van der Waals surface area contributed by atoms with Crippen molar-refractivity contribution in [2.75, 3.05) is 25.1 Å². The molecule has 2 heterocycles.